The predicted octanol–water partition coefficient (Wildman–Crippen LogP) is 3.31. The maximum Gasteiger partial charge on any atom is 0.292 e. The Morgan fingerprint density at radius 2 is 2.06 bits per heavy atom. The highest BCUT2D eigenvalue weighted by molar-refractivity contribution is 5.64. The van der Waals surface area contributed by atoms with E-state index in [1.807, 2.05) is 0 Å². The number of rotatable bonds is 6. The van der Waals surface area contributed by atoms with E-state index in [2.05, 4.69) is 26.1 Å². The minimum Gasteiger partial charge on any atom is -0.497 e. The summed E-state index contributed by atoms with van der Waals surface area (Å²) in [5.41, 5.74) is 0.582. The van der Waals surface area contributed by atoms with Crippen LogP contribution in [0, 0.1) is 22.0 Å². The van der Waals surface area contributed by atoms with E-state index in [1.54, 1.807) is 19.2 Å². The van der Waals surface area contributed by atoms with E-state index in [-0.39, 0.29) is 10.6 Å². The van der Waals surface area contributed by atoms with E-state index in [0.717, 1.165) is 0 Å². The highest BCUT2D eigenvalue weighted by Gasteiger charge is 2.15. The lowest BCUT2D eigenvalue weighted by Crippen LogP contribution is -2.16. The summed E-state index contributed by atoms with van der Waals surface area (Å²) in [6.07, 6.45) is 0. The summed E-state index contributed by atoms with van der Waals surface area (Å²) in [7, 11) is 1.54. The number of benzene rings is 1. The standard InChI is InChI=1S/C13H20N2O3/c1-9(2)10(3)8-14-12-7-11(18-4)5-6-13(12)15(16)17/h5-7,9-10,14H,8H2,1-4H3. The molecule has 0 saturated heterocycles. The van der Waals surface area contributed by atoms with E-state index < -0.39 is 0 Å². The maximum absolute atomic E-state index is 10.9. The number of hydrogen-bond acceptors (Lipinski definition) is 4. The second kappa shape index (κ2) is 6.23. The van der Waals surface area contributed by atoms with Crippen molar-refractivity contribution >= 4 is 11.4 Å². The third-order valence-corrected chi connectivity index (χ3v) is 3.15. The van der Waals surface area contributed by atoms with Crippen molar-refractivity contribution in [2.24, 2.45) is 11.8 Å². The average Bonchev–Trinajstić information content (AvgIpc) is 2.34. The molecule has 1 rings (SSSR count). The number of nitro groups is 1. The molecule has 100 valence electrons. The molecule has 0 aliphatic heterocycles. The van der Waals surface area contributed by atoms with Crippen LogP contribution in [0.2, 0.25) is 0 Å². The van der Waals surface area contributed by atoms with Crippen LogP contribution in [0.1, 0.15) is 20.8 Å². The molecule has 0 spiro atoms. The number of methoxy groups -OCH3 is 1. The first-order valence-electron chi connectivity index (χ1n) is 6.02. The predicted molar refractivity (Wildman–Crippen MR) is 72.1 cm³/mol. The molecule has 0 aromatic heterocycles. The van der Waals surface area contributed by atoms with Crippen LogP contribution in [0.5, 0.6) is 5.75 Å². The lowest BCUT2D eigenvalue weighted by molar-refractivity contribution is -0.384. The molecule has 0 radical (unpaired) electrons. The molecule has 1 aromatic rings. The summed E-state index contributed by atoms with van der Waals surface area (Å²) in [5, 5.41) is 14.1. The highest BCUT2D eigenvalue weighted by atomic mass is 16.6. The Kier molecular flexibility index (Phi) is 4.95. The molecule has 0 amide bonds. The smallest absolute Gasteiger partial charge is 0.292 e. The summed E-state index contributed by atoms with van der Waals surface area (Å²) in [5.74, 6) is 1.58. The Morgan fingerprint density at radius 1 is 1.39 bits per heavy atom. The topological polar surface area (TPSA) is 64.4 Å². The van der Waals surface area contributed by atoms with E-state index in [0.29, 0.717) is 29.8 Å². The molecular weight excluding hydrogens is 232 g/mol. The zero-order valence-electron chi connectivity index (χ0n) is 11.3. The van der Waals surface area contributed by atoms with Crippen LogP contribution in [-0.4, -0.2) is 18.6 Å². The highest BCUT2D eigenvalue weighted by Crippen LogP contribution is 2.29. The summed E-state index contributed by atoms with van der Waals surface area (Å²) >= 11 is 0. The summed E-state index contributed by atoms with van der Waals surface area (Å²) in [6.45, 7) is 7.08. The largest absolute Gasteiger partial charge is 0.497 e. The zero-order valence-corrected chi connectivity index (χ0v) is 11.3. The molecule has 0 saturated carbocycles. The number of hydrogen-bond donors (Lipinski definition) is 1. The van der Waals surface area contributed by atoms with Gasteiger partial charge in [0.2, 0.25) is 0 Å². The molecule has 5 nitrogen and oxygen atoms in total. The van der Waals surface area contributed by atoms with Crippen LogP contribution in [0.4, 0.5) is 11.4 Å². The third kappa shape index (κ3) is 3.61. The first-order valence-corrected chi connectivity index (χ1v) is 6.02. The quantitative estimate of drug-likeness (QED) is 0.623. The van der Waals surface area contributed by atoms with Crippen molar-refractivity contribution in [1.82, 2.24) is 0 Å². The molecule has 0 fully saturated rings. The van der Waals surface area contributed by atoms with E-state index >= 15 is 0 Å². The molecule has 18 heavy (non-hydrogen) atoms. The molecule has 1 atom stereocenters. The van der Waals surface area contributed by atoms with Crippen LogP contribution in [0.3, 0.4) is 0 Å². The van der Waals surface area contributed by atoms with Gasteiger partial charge < -0.3 is 10.1 Å². The Balaban J connectivity index is 2.87. The number of anilines is 1. The summed E-state index contributed by atoms with van der Waals surface area (Å²) < 4.78 is 5.08. The van der Waals surface area contributed by atoms with Gasteiger partial charge >= 0.3 is 0 Å². The fraction of sp³-hybridized carbons (Fsp3) is 0.538. The van der Waals surface area contributed by atoms with Crippen LogP contribution in [0.25, 0.3) is 0 Å². The van der Waals surface area contributed by atoms with Gasteiger partial charge in [0.1, 0.15) is 11.4 Å². The molecule has 5 heteroatoms. The Labute approximate surface area is 107 Å². The summed E-state index contributed by atoms with van der Waals surface area (Å²) in [6, 6.07) is 4.71. The molecule has 0 aliphatic rings. The van der Waals surface area contributed by atoms with Crippen LogP contribution in [-0.2, 0) is 0 Å². The Bertz CT molecular complexity index is 419. The maximum atomic E-state index is 10.9. The second-order valence-electron chi connectivity index (χ2n) is 4.74. The Hall–Kier alpha value is -1.78. The molecular formula is C13H20N2O3. The van der Waals surface area contributed by atoms with Gasteiger partial charge in [0.15, 0.2) is 0 Å². The minimum atomic E-state index is -0.387. The van der Waals surface area contributed by atoms with Gasteiger partial charge in [-0.1, -0.05) is 20.8 Å². The SMILES string of the molecule is COc1ccc([N+](=O)[O-])c(NCC(C)C(C)C)c1. The third-order valence-electron chi connectivity index (χ3n) is 3.15. The van der Waals surface area contributed by atoms with E-state index in [1.165, 1.54) is 6.07 Å². The van der Waals surface area contributed by atoms with Gasteiger partial charge in [-0.3, -0.25) is 10.1 Å². The van der Waals surface area contributed by atoms with E-state index in [4.69, 9.17) is 4.74 Å². The lowest BCUT2D eigenvalue weighted by Gasteiger charge is -2.17. The van der Waals surface area contributed by atoms with Crippen LogP contribution >= 0.6 is 0 Å². The van der Waals surface area contributed by atoms with Gasteiger partial charge in [-0.05, 0) is 17.9 Å². The lowest BCUT2D eigenvalue weighted by atomic mass is 9.98. The second-order valence-corrected chi connectivity index (χ2v) is 4.74. The van der Waals surface area contributed by atoms with Gasteiger partial charge in [0.25, 0.3) is 5.69 Å². The number of ether oxygens (including phenoxy) is 1. The summed E-state index contributed by atoms with van der Waals surface area (Å²) in [4.78, 5) is 10.5. The van der Waals surface area contributed by atoms with Crippen LogP contribution < -0.4 is 10.1 Å². The molecule has 1 aromatic carbocycles. The van der Waals surface area contributed by atoms with Crippen molar-refractivity contribution in [3.05, 3.63) is 28.3 Å². The average molecular weight is 252 g/mol. The Morgan fingerprint density at radius 3 is 2.56 bits per heavy atom. The van der Waals surface area contributed by atoms with Crippen molar-refractivity contribution in [2.75, 3.05) is 19.0 Å². The molecule has 1 N–H and O–H groups in total. The first kappa shape index (κ1) is 14.3. The molecule has 1 unspecified atom stereocenters. The van der Waals surface area contributed by atoms with Gasteiger partial charge in [-0.2, -0.15) is 0 Å². The van der Waals surface area contributed by atoms with Gasteiger partial charge in [-0.15, -0.1) is 0 Å². The van der Waals surface area contributed by atoms with Crippen molar-refractivity contribution in [3.63, 3.8) is 0 Å². The number of nitro benzene ring substituents is 1. The minimum absolute atomic E-state index is 0.0757. The normalized spacial score (nSPS) is 12.3. The van der Waals surface area contributed by atoms with Crippen molar-refractivity contribution in [1.29, 1.82) is 0 Å². The molecule has 0 heterocycles. The van der Waals surface area contributed by atoms with Crippen molar-refractivity contribution in [3.8, 4) is 5.75 Å². The number of nitrogens with zero attached hydrogens (tertiary/aromatic N) is 1. The van der Waals surface area contributed by atoms with Crippen LogP contribution in [0.15, 0.2) is 18.2 Å². The van der Waals surface area contributed by atoms with Gasteiger partial charge in [-0.25, -0.2) is 0 Å². The molecule has 0 bridgehead atoms. The van der Waals surface area contributed by atoms with E-state index in [9.17, 15) is 10.1 Å². The fourth-order valence-corrected chi connectivity index (χ4v) is 1.45. The zero-order chi connectivity index (χ0) is 13.7. The van der Waals surface area contributed by atoms with Crippen molar-refractivity contribution in [2.45, 2.75) is 20.8 Å². The monoisotopic (exact) mass is 252 g/mol. The first-order chi connectivity index (χ1) is 8.45. The van der Waals surface area contributed by atoms with Gasteiger partial charge in [0, 0.05) is 18.7 Å². The number of nitrogens with one attached hydrogen (secondary N) is 1. The van der Waals surface area contributed by atoms with Gasteiger partial charge in [0.05, 0.1) is 12.0 Å². The molecule has 0 aliphatic carbocycles. The fourth-order valence-electron chi connectivity index (χ4n) is 1.45. The van der Waals surface area contributed by atoms with Crippen molar-refractivity contribution < 1.29 is 9.66 Å².